The molecule has 9 heteroatoms. The van der Waals surface area contributed by atoms with Gasteiger partial charge >= 0.3 is 5.97 Å². The van der Waals surface area contributed by atoms with Crippen molar-refractivity contribution in [2.75, 3.05) is 46.5 Å². The zero-order valence-corrected chi connectivity index (χ0v) is 19.9. The maximum absolute atomic E-state index is 13.5. The summed E-state index contributed by atoms with van der Waals surface area (Å²) in [7, 11) is 1.27. The summed E-state index contributed by atoms with van der Waals surface area (Å²) in [6, 6.07) is 10.2. The highest BCUT2D eigenvalue weighted by atomic mass is 16.5. The lowest BCUT2D eigenvalue weighted by Crippen LogP contribution is -2.42. The minimum atomic E-state index is -0.597. The van der Waals surface area contributed by atoms with Crippen molar-refractivity contribution < 1.29 is 28.6 Å². The Morgan fingerprint density at radius 3 is 2.57 bits per heavy atom. The van der Waals surface area contributed by atoms with Crippen LogP contribution >= 0.6 is 0 Å². The van der Waals surface area contributed by atoms with E-state index in [9.17, 15) is 14.4 Å². The number of carbonyl (C=O) groups is 3. The molecule has 0 spiro atoms. The second-order valence-electron chi connectivity index (χ2n) is 8.87. The lowest BCUT2D eigenvalue weighted by molar-refractivity contribution is -0.132. The number of nitrogens with zero attached hydrogens (tertiary/aromatic N) is 3. The van der Waals surface area contributed by atoms with Crippen molar-refractivity contribution >= 4 is 17.8 Å². The first-order valence-corrected chi connectivity index (χ1v) is 11.9. The van der Waals surface area contributed by atoms with Crippen molar-refractivity contribution in [1.82, 2.24) is 14.8 Å². The van der Waals surface area contributed by atoms with E-state index in [4.69, 9.17) is 14.2 Å². The van der Waals surface area contributed by atoms with E-state index in [1.54, 1.807) is 36.7 Å². The second-order valence-corrected chi connectivity index (χ2v) is 8.87. The van der Waals surface area contributed by atoms with Gasteiger partial charge in [-0.2, -0.15) is 0 Å². The van der Waals surface area contributed by atoms with E-state index < -0.39 is 18.0 Å². The normalized spacial score (nSPS) is 19.3. The number of methoxy groups -OCH3 is 1. The lowest BCUT2D eigenvalue weighted by Gasteiger charge is -2.30. The first kappa shape index (κ1) is 24.8. The van der Waals surface area contributed by atoms with Crippen LogP contribution in [0.1, 0.15) is 39.1 Å². The van der Waals surface area contributed by atoms with E-state index in [0.717, 1.165) is 18.4 Å². The van der Waals surface area contributed by atoms with Crippen LogP contribution in [0.15, 0.2) is 48.8 Å². The Balaban J connectivity index is 1.54. The molecule has 4 rings (SSSR count). The molecule has 0 saturated carbocycles. The van der Waals surface area contributed by atoms with Gasteiger partial charge in [0.25, 0.3) is 5.91 Å². The third kappa shape index (κ3) is 6.43. The molecule has 2 amide bonds. The first-order chi connectivity index (χ1) is 17.0. The van der Waals surface area contributed by atoms with Crippen molar-refractivity contribution in [2.24, 2.45) is 5.92 Å². The van der Waals surface area contributed by atoms with Gasteiger partial charge in [-0.25, -0.2) is 4.79 Å². The number of esters is 1. The summed E-state index contributed by atoms with van der Waals surface area (Å²) in [5.74, 6) is -0.773. The fraction of sp³-hybridized carbons (Fsp3) is 0.462. The number of ether oxygens (including phenoxy) is 3. The minimum absolute atomic E-state index is 0.0791. The summed E-state index contributed by atoms with van der Waals surface area (Å²) < 4.78 is 16.5. The minimum Gasteiger partial charge on any atom is -0.465 e. The Hall–Kier alpha value is -3.30. The van der Waals surface area contributed by atoms with Crippen LogP contribution in [-0.2, 0) is 25.6 Å². The van der Waals surface area contributed by atoms with Gasteiger partial charge in [0.05, 0.1) is 30.9 Å². The molecule has 2 aromatic rings. The maximum atomic E-state index is 13.5. The highest BCUT2D eigenvalue weighted by Gasteiger charge is 2.34. The molecule has 35 heavy (non-hydrogen) atoms. The third-order valence-corrected chi connectivity index (χ3v) is 6.40. The average Bonchev–Trinajstić information content (AvgIpc) is 3.06. The predicted octanol–water partition coefficient (Wildman–Crippen LogP) is 2.16. The van der Waals surface area contributed by atoms with E-state index >= 15 is 0 Å². The number of carbonyl (C=O) groups excluding carboxylic acids is 3. The fourth-order valence-corrected chi connectivity index (χ4v) is 4.48. The third-order valence-electron chi connectivity index (χ3n) is 6.40. The summed E-state index contributed by atoms with van der Waals surface area (Å²) in [6.07, 6.45) is 4.84. The van der Waals surface area contributed by atoms with Crippen LogP contribution in [0.2, 0.25) is 0 Å². The van der Waals surface area contributed by atoms with E-state index in [1.165, 1.54) is 12.0 Å². The fourth-order valence-electron chi connectivity index (χ4n) is 4.48. The average molecular weight is 482 g/mol. The molecule has 9 nitrogen and oxygen atoms in total. The second kappa shape index (κ2) is 11.9. The molecule has 1 atom stereocenters. The van der Waals surface area contributed by atoms with Crippen LogP contribution in [-0.4, -0.2) is 85.2 Å². The number of hydrogen-bond donors (Lipinski definition) is 0. The quantitative estimate of drug-likeness (QED) is 0.559. The molecule has 3 heterocycles. The van der Waals surface area contributed by atoms with Gasteiger partial charge in [-0.1, -0.05) is 18.2 Å². The summed E-state index contributed by atoms with van der Waals surface area (Å²) >= 11 is 0. The summed E-state index contributed by atoms with van der Waals surface area (Å²) in [4.78, 5) is 46.4. The molecule has 2 aliphatic heterocycles. The molecule has 1 unspecified atom stereocenters. The van der Waals surface area contributed by atoms with E-state index in [0.29, 0.717) is 38.8 Å². The molecular formula is C26H31N3O6. The highest BCUT2D eigenvalue weighted by Crippen LogP contribution is 2.21. The van der Waals surface area contributed by atoms with Crippen LogP contribution in [0.25, 0.3) is 0 Å². The Morgan fingerprint density at radius 1 is 1.09 bits per heavy atom. The molecule has 2 fully saturated rings. The van der Waals surface area contributed by atoms with Gasteiger partial charge in [-0.05, 0) is 42.5 Å². The van der Waals surface area contributed by atoms with E-state index in [1.807, 2.05) is 17.0 Å². The molecule has 0 bridgehead atoms. The number of benzene rings is 1. The number of aromatic nitrogens is 1. The number of hydrogen-bond acceptors (Lipinski definition) is 7. The maximum Gasteiger partial charge on any atom is 0.338 e. The van der Waals surface area contributed by atoms with Gasteiger partial charge in [0.2, 0.25) is 5.91 Å². The topological polar surface area (TPSA) is 98.3 Å². The molecular weight excluding hydrogens is 450 g/mol. The van der Waals surface area contributed by atoms with E-state index in [-0.39, 0.29) is 30.1 Å². The molecule has 0 radical (unpaired) electrons. The van der Waals surface area contributed by atoms with Crippen molar-refractivity contribution in [1.29, 1.82) is 0 Å². The molecule has 1 aromatic heterocycles. The van der Waals surface area contributed by atoms with E-state index in [2.05, 4.69) is 4.98 Å². The smallest absolute Gasteiger partial charge is 0.338 e. The van der Waals surface area contributed by atoms with Gasteiger partial charge in [0.15, 0.2) is 0 Å². The molecule has 186 valence electrons. The highest BCUT2D eigenvalue weighted by molar-refractivity contribution is 6.06. The Bertz CT molecular complexity index is 1020. The van der Waals surface area contributed by atoms with Gasteiger partial charge in [0.1, 0.15) is 6.54 Å². The summed E-state index contributed by atoms with van der Waals surface area (Å²) in [5, 5.41) is 0. The van der Waals surface area contributed by atoms with Gasteiger partial charge in [0, 0.05) is 45.2 Å². The number of rotatable bonds is 7. The number of pyridine rings is 1. The predicted molar refractivity (Wildman–Crippen MR) is 127 cm³/mol. The van der Waals surface area contributed by atoms with Gasteiger partial charge in [-0.3, -0.25) is 14.6 Å². The Morgan fingerprint density at radius 2 is 1.86 bits per heavy atom. The van der Waals surface area contributed by atoms with Crippen molar-refractivity contribution in [3.8, 4) is 0 Å². The van der Waals surface area contributed by atoms with Crippen LogP contribution in [0.5, 0.6) is 0 Å². The molecule has 2 saturated heterocycles. The lowest BCUT2D eigenvalue weighted by atomic mass is 9.99. The molecule has 1 aromatic carbocycles. The zero-order valence-electron chi connectivity index (χ0n) is 19.9. The zero-order chi connectivity index (χ0) is 24.6. The standard InChI is InChI=1S/C26H31N3O6/c1-33-26(32)23-7-3-2-6-22(23)25(31)29-16-21(35-18-20-5-4-10-27-13-20)15-28(24(30)17-29)14-19-8-11-34-12-9-19/h2-7,10,13,19,21H,8-9,11-12,14-18H2,1H3. The van der Waals surface area contributed by atoms with Crippen LogP contribution < -0.4 is 0 Å². The van der Waals surface area contributed by atoms with Crippen LogP contribution in [0.3, 0.4) is 0 Å². The summed E-state index contributed by atoms with van der Waals surface area (Å²) in [5.41, 5.74) is 1.28. The van der Waals surface area contributed by atoms with Crippen molar-refractivity contribution in [3.05, 3.63) is 65.5 Å². The SMILES string of the molecule is COC(=O)c1ccccc1C(=O)N1CC(=O)N(CC2CCOCC2)CC(OCc2cccnc2)C1. The molecule has 0 aliphatic carbocycles. The molecule has 2 aliphatic rings. The Kier molecular flexibility index (Phi) is 8.44. The molecule has 0 N–H and O–H groups in total. The van der Waals surface area contributed by atoms with Crippen LogP contribution in [0.4, 0.5) is 0 Å². The van der Waals surface area contributed by atoms with Gasteiger partial charge in [-0.15, -0.1) is 0 Å². The van der Waals surface area contributed by atoms with Crippen molar-refractivity contribution in [3.63, 3.8) is 0 Å². The van der Waals surface area contributed by atoms with Crippen LogP contribution in [0, 0.1) is 5.92 Å². The number of amides is 2. The van der Waals surface area contributed by atoms with Crippen molar-refractivity contribution in [2.45, 2.75) is 25.6 Å². The van der Waals surface area contributed by atoms with Gasteiger partial charge < -0.3 is 24.0 Å². The largest absolute Gasteiger partial charge is 0.465 e. The summed E-state index contributed by atoms with van der Waals surface area (Å²) in [6.45, 7) is 2.85. The first-order valence-electron chi connectivity index (χ1n) is 11.9. The monoisotopic (exact) mass is 481 g/mol. The Labute approximate surface area is 205 Å².